The monoisotopic (exact) mass is 256 g/mol. The normalized spacial score (nSPS) is 33.3. The molecule has 1 saturated carbocycles. The third-order valence-electron chi connectivity index (χ3n) is 4.91. The van der Waals surface area contributed by atoms with Crippen LogP contribution in [0.1, 0.15) is 40.5 Å². The number of fused-ring (bicyclic) bond motifs is 2. The van der Waals surface area contributed by atoms with Gasteiger partial charge in [-0.1, -0.05) is 39.8 Å². The van der Waals surface area contributed by atoms with Crippen LogP contribution in [-0.4, -0.2) is 7.38 Å². The first kappa shape index (κ1) is 12.7. The Morgan fingerprint density at radius 1 is 1.12 bits per heavy atom. The molecule has 16 heavy (non-hydrogen) atoms. The summed E-state index contributed by atoms with van der Waals surface area (Å²) in [5, 5.41) is 0. The highest BCUT2D eigenvalue weighted by Gasteiger charge is 2.45. The lowest BCUT2D eigenvalue weighted by Crippen LogP contribution is -2.37. The fourth-order valence-electron chi connectivity index (χ4n) is 3.67. The fourth-order valence-corrected chi connectivity index (χ4v) is 7.81. The summed E-state index contributed by atoms with van der Waals surface area (Å²) in [4.78, 5) is 0. The van der Waals surface area contributed by atoms with Crippen molar-refractivity contribution < 1.29 is 0 Å². The summed E-state index contributed by atoms with van der Waals surface area (Å²) >= 11 is 7.04. The number of allylic oxidation sites excluding steroid dienone is 2. The molecular weight excluding hydrogens is 232 g/mol. The van der Waals surface area contributed by atoms with Gasteiger partial charge in [0.15, 0.2) is 7.38 Å². The van der Waals surface area contributed by atoms with Crippen molar-refractivity contribution in [3.8, 4) is 0 Å². The van der Waals surface area contributed by atoms with Gasteiger partial charge in [0, 0.05) is 0 Å². The van der Waals surface area contributed by atoms with Gasteiger partial charge in [0.1, 0.15) is 0 Å². The van der Waals surface area contributed by atoms with E-state index < -0.39 is 7.38 Å². The molecule has 0 aromatic rings. The van der Waals surface area contributed by atoms with Crippen molar-refractivity contribution in [3.63, 3.8) is 0 Å². The van der Waals surface area contributed by atoms with Gasteiger partial charge in [0.25, 0.3) is 0 Å². The highest BCUT2D eigenvalue weighted by Crippen LogP contribution is 2.51. The van der Waals surface area contributed by atoms with E-state index in [2.05, 4.69) is 39.8 Å². The average molecular weight is 257 g/mol. The lowest BCUT2D eigenvalue weighted by atomic mass is 9.96. The van der Waals surface area contributed by atoms with Crippen molar-refractivity contribution in [1.29, 1.82) is 0 Å². The van der Waals surface area contributed by atoms with Crippen LogP contribution in [-0.2, 0) is 0 Å². The average Bonchev–Trinajstić information content (AvgIpc) is 2.78. The molecule has 0 aromatic carbocycles. The summed E-state index contributed by atoms with van der Waals surface area (Å²) in [6, 6.07) is 1.34. The van der Waals surface area contributed by atoms with Crippen LogP contribution in [0.3, 0.4) is 0 Å². The minimum atomic E-state index is -1.57. The maximum atomic E-state index is 7.04. The van der Waals surface area contributed by atoms with Crippen LogP contribution < -0.4 is 0 Å². The van der Waals surface area contributed by atoms with Gasteiger partial charge in [0.05, 0.1) is 0 Å². The molecule has 2 rings (SSSR count). The Morgan fingerprint density at radius 2 is 1.75 bits per heavy atom. The van der Waals surface area contributed by atoms with E-state index in [0.29, 0.717) is 11.1 Å². The Hall–Kier alpha value is 0.247. The van der Waals surface area contributed by atoms with E-state index in [1.807, 2.05) is 0 Å². The maximum absolute atomic E-state index is 7.04. The number of rotatable bonds is 4. The van der Waals surface area contributed by atoms with Gasteiger partial charge >= 0.3 is 0 Å². The molecule has 1 fully saturated rings. The van der Waals surface area contributed by atoms with Crippen molar-refractivity contribution in [3.05, 3.63) is 12.2 Å². The standard InChI is InChI=1S/C14H25ClSi/c1-10(2)16(15,11(3)4)9-14-8-12-5-6-13(14)7-12/h5-6,10-14H,7-9H2,1-4H3. The molecule has 0 heterocycles. The molecule has 92 valence electrons. The third-order valence-corrected chi connectivity index (χ3v) is 13.0. The van der Waals surface area contributed by atoms with Gasteiger partial charge in [-0.05, 0) is 47.7 Å². The molecule has 3 unspecified atom stereocenters. The van der Waals surface area contributed by atoms with Crippen molar-refractivity contribution in [2.24, 2.45) is 17.8 Å². The summed E-state index contributed by atoms with van der Waals surface area (Å²) in [5.41, 5.74) is 1.41. The quantitative estimate of drug-likeness (QED) is 0.368. The molecule has 0 aromatic heterocycles. The SMILES string of the molecule is CC(C)[Si](Cl)(CC1CC2C=CC1C2)C(C)C. The predicted molar refractivity (Wildman–Crippen MR) is 75.5 cm³/mol. The second-order valence-corrected chi connectivity index (χ2v) is 13.2. The molecule has 0 amide bonds. The van der Waals surface area contributed by atoms with Crippen molar-refractivity contribution in [1.82, 2.24) is 0 Å². The first-order valence-electron chi connectivity index (χ1n) is 6.80. The summed E-state index contributed by atoms with van der Waals surface area (Å²) in [5.74, 6) is 2.67. The molecule has 0 saturated heterocycles. The van der Waals surface area contributed by atoms with E-state index in [1.54, 1.807) is 0 Å². The summed E-state index contributed by atoms with van der Waals surface area (Å²) in [6.07, 6.45) is 7.74. The van der Waals surface area contributed by atoms with E-state index in [9.17, 15) is 0 Å². The van der Waals surface area contributed by atoms with Crippen molar-refractivity contribution in [2.45, 2.75) is 57.7 Å². The minimum absolute atomic E-state index is 0.706. The molecular formula is C14H25ClSi. The summed E-state index contributed by atoms with van der Waals surface area (Å²) in [6.45, 7) is 9.34. The second-order valence-electron chi connectivity index (χ2n) is 6.48. The lowest BCUT2D eigenvalue weighted by molar-refractivity contribution is 0.483. The Bertz CT molecular complexity index is 274. The van der Waals surface area contributed by atoms with Gasteiger partial charge in [0.2, 0.25) is 0 Å². The Morgan fingerprint density at radius 3 is 2.12 bits per heavy atom. The zero-order valence-corrected chi connectivity index (χ0v) is 12.8. The molecule has 0 spiro atoms. The Labute approximate surface area is 106 Å². The van der Waals surface area contributed by atoms with E-state index >= 15 is 0 Å². The summed E-state index contributed by atoms with van der Waals surface area (Å²) in [7, 11) is -1.57. The molecule has 2 aliphatic carbocycles. The fraction of sp³-hybridized carbons (Fsp3) is 0.857. The Kier molecular flexibility index (Phi) is 3.56. The van der Waals surface area contributed by atoms with Gasteiger partial charge in [-0.3, -0.25) is 0 Å². The smallest absolute Gasteiger partial charge is 0.161 e. The van der Waals surface area contributed by atoms with Crippen LogP contribution in [0.4, 0.5) is 0 Å². The zero-order chi connectivity index (χ0) is 11.9. The van der Waals surface area contributed by atoms with Crippen molar-refractivity contribution >= 4 is 18.5 Å². The number of halogens is 1. The van der Waals surface area contributed by atoms with Gasteiger partial charge in [-0.25, -0.2) is 0 Å². The highest BCUT2D eigenvalue weighted by atomic mass is 35.6. The number of hydrogen-bond donors (Lipinski definition) is 0. The zero-order valence-electron chi connectivity index (χ0n) is 11.0. The largest absolute Gasteiger partial charge is 0.166 e. The van der Waals surface area contributed by atoms with E-state index in [-0.39, 0.29) is 0 Å². The van der Waals surface area contributed by atoms with Crippen LogP contribution >= 0.6 is 11.1 Å². The topological polar surface area (TPSA) is 0 Å². The third kappa shape index (κ3) is 2.13. The minimum Gasteiger partial charge on any atom is -0.166 e. The van der Waals surface area contributed by atoms with Crippen molar-refractivity contribution in [2.75, 3.05) is 0 Å². The molecule has 2 heteroatoms. The summed E-state index contributed by atoms with van der Waals surface area (Å²) < 4.78 is 0. The molecule has 0 radical (unpaired) electrons. The molecule has 0 aliphatic heterocycles. The second kappa shape index (κ2) is 4.49. The number of hydrogen-bond acceptors (Lipinski definition) is 0. The van der Waals surface area contributed by atoms with Crippen LogP contribution in [0.2, 0.25) is 17.1 Å². The van der Waals surface area contributed by atoms with Crippen LogP contribution in [0, 0.1) is 17.8 Å². The molecule has 3 atom stereocenters. The maximum Gasteiger partial charge on any atom is 0.161 e. The lowest BCUT2D eigenvalue weighted by Gasteiger charge is -2.36. The Balaban J connectivity index is 2.05. The van der Waals surface area contributed by atoms with Gasteiger partial charge in [-0.15, -0.1) is 0 Å². The highest BCUT2D eigenvalue weighted by molar-refractivity contribution is 7.21. The van der Waals surface area contributed by atoms with E-state index in [4.69, 9.17) is 11.1 Å². The predicted octanol–water partition coefficient (Wildman–Crippen LogP) is 5.20. The molecule has 0 nitrogen and oxygen atoms in total. The van der Waals surface area contributed by atoms with Crippen LogP contribution in [0.15, 0.2) is 12.2 Å². The van der Waals surface area contributed by atoms with Crippen LogP contribution in [0.5, 0.6) is 0 Å². The first-order chi connectivity index (χ1) is 7.43. The van der Waals surface area contributed by atoms with E-state index in [0.717, 1.165) is 17.8 Å². The van der Waals surface area contributed by atoms with E-state index in [1.165, 1.54) is 18.9 Å². The molecule has 2 aliphatic rings. The molecule has 0 N–H and O–H groups in total. The van der Waals surface area contributed by atoms with Crippen LogP contribution in [0.25, 0.3) is 0 Å². The molecule has 2 bridgehead atoms. The van der Waals surface area contributed by atoms with Gasteiger partial charge < -0.3 is 0 Å². The van der Waals surface area contributed by atoms with Gasteiger partial charge in [-0.2, -0.15) is 11.1 Å². The first-order valence-corrected chi connectivity index (χ1v) is 10.2.